The van der Waals surface area contributed by atoms with E-state index in [4.69, 9.17) is 23.2 Å². The summed E-state index contributed by atoms with van der Waals surface area (Å²) in [4.78, 5) is 27.3. The van der Waals surface area contributed by atoms with E-state index in [2.05, 4.69) is 5.32 Å². The first-order valence-electron chi connectivity index (χ1n) is 9.07. The Morgan fingerprint density at radius 3 is 2.52 bits per heavy atom. The molecule has 1 saturated heterocycles. The Kier molecular flexibility index (Phi) is 6.40. The highest BCUT2D eigenvalue weighted by molar-refractivity contribution is 6.35. The number of benzene rings is 2. The summed E-state index contributed by atoms with van der Waals surface area (Å²) in [5.41, 5.74) is 1.59. The molecule has 6 heteroatoms. The van der Waals surface area contributed by atoms with Crippen molar-refractivity contribution in [2.45, 2.75) is 38.3 Å². The summed E-state index contributed by atoms with van der Waals surface area (Å²) in [6.45, 7) is 2.45. The standard InChI is InChI=1S/C21H22Cl2N2O2/c1-14(17-11-10-16(22)13-18(17)23)24-21(27)20(15-7-3-2-4-8-15)25-12-6-5-9-19(25)26/h2-4,7-8,10-11,13-14,20H,5-6,9,12H2,1H3,(H,24,27). The normalized spacial score (nSPS) is 16.7. The van der Waals surface area contributed by atoms with E-state index in [1.165, 1.54) is 0 Å². The highest BCUT2D eigenvalue weighted by Crippen LogP contribution is 2.29. The number of hydrogen-bond acceptors (Lipinski definition) is 2. The van der Waals surface area contributed by atoms with Gasteiger partial charge in [-0.2, -0.15) is 0 Å². The molecule has 0 saturated carbocycles. The molecule has 0 bridgehead atoms. The van der Waals surface area contributed by atoms with E-state index in [9.17, 15) is 9.59 Å². The smallest absolute Gasteiger partial charge is 0.247 e. The Bertz CT molecular complexity index is 826. The predicted molar refractivity (Wildman–Crippen MR) is 108 cm³/mol. The molecular weight excluding hydrogens is 383 g/mol. The van der Waals surface area contributed by atoms with E-state index in [-0.39, 0.29) is 17.9 Å². The van der Waals surface area contributed by atoms with Gasteiger partial charge in [-0.05, 0) is 43.0 Å². The van der Waals surface area contributed by atoms with E-state index in [1.807, 2.05) is 37.3 Å². The molecule has 2 aromatic carbocycles. The van der Waals surface area contributed by atoms with Crippen molar-refractivity contribution in [3.8, 4) is 0 Å². The van der Waals surface area contributed by atoms with Gasteiger partial charge in [-0.25, -0.2) is 0 Å². The van der Waals surface area contributed by atoms with Gasteiger partial charge >= 0.3 is 0 Å². The SMILES string of the molecule is CC(NC(=O)C(c1ccccc1)N1CCCCC1=O)c1ccc(Cl)cc1Cl. The molecule has 1 fully saturated rings. The third-order valence-corrected chi connectivity index (χ3v) is 5.39. The number of halogens is 2. The van der Waals surface area contributed by atoms with Crippen LogP contribution in [0.15, 0.2) is 48.5 Å². The fraction of sp³-hybridized carbons (Fsp3) is 0.333. The van der Waals surface area contributed by atoms with Crippen LogP contribution in [-0.4, -0.2) is 23.3 Å². The van der Waals surface area contributed by atoms with Crippen molar-refractivity contribution >= 4 is 35.0 Å². The lowest BCUT2D eigenvalue weighted by molar-refractivity contribution is -0.143. The van der Waals surface area contributed by atoms with Gasteiger partial charge in [0.2, 0.25) is 11.8 Å². The third-order valence-electron chi connectivity index (χ3n) is 4.82. The first-order chi connectivity index (χ1) is 13.0. The van der Waals surface area contributed by atoms with Crippen LogP contribution in [0.5, 0.6) is 0 Å². The van der Waals surface area contributed by atoms with Crippen LogP contribution in [0.2, 0.25) is 10.0 Å². The average Bonchev–Trinajstić information content (AvgIpc) is 2.64. The molecule has 1 aliphatic rings. The maximum Gasteiger partial charge on any atom is 0.247 e. The zero-order valence-electron chi connectivity index (χ0n) is 15.1. The molecule has 0 aliphatic carbocycles. The van der Waals surface area contributed by atoms with E-state index in [0.29, 0.717) is 23.0 Å². The molecule has 27 heavy (non-hydrogen) atoms. The van der Waals surface area contributed by atoms with Crippen molar-refractivity contribution in [1.82, 2.24) is 10.2 Å². The van der Waals surface area contributed by atoms with Crippen molar-refractivity contribution in [3.05, 3.63) is 69.7 Å². The van der Waals surface area contributed by atoms with Crippen molar-refractivity contribution < 1.29 is 9.59 Å². The van der Waals surface area contributed by atoms with Gasteiger partial charge in [-0.1, -0.05) is 59.6 Å². The average molecular weight is 405 g/mol. The van der Waals surface area contributed by atoms with E-state index >= 15 is 0 Å². The second-order valence-corrected chi connectivity index (χ2v) is 7.60. The fourth-order valence-electron chi connectivity index (χ4n) is 3.43. The lowest BCUT2D eigenvalue weighted by atomic mass is 9.99. The van der Waals surface area contributed by atoms with E-state index in [1.54, 1.807) is 23.1 Å². The number of amides is 2. The second-order valence-electron chi connectivity index (χ2n) is 6.75. The van der Waals surface area contributed by atoms with Crippen LogP contribution in [-0.2, 0) is 9.59 Å². The number of likely N-dealkylation sites (tertiary alicyclic amines) is 1. The summed E-state index contributed by atoms with van der Waals surface area (Å²) >= 11 is 12.2. The Morgan fingerprint density at radius 1 is 1.11 bits per heavy atom. The minimum Gasteiger partial charge on any atom is -0.347 e. The van der Waals surface area contributed by atoms with Gasteiger partial charge in [0.1, 0.15) is 6.04 Å². The molecular formula is C21H22Cl2N2O2. The summed E-state index contributed by atoms with van der Waals surface area (Å²) < 4.78 is 0. The molecule has 2 aromatic rings. The van der Waals surface area contributed by atoms with Crippen molar-refractivity contribution in [3.63, 3.8) is 0 Å². The fourth-order valence-corrected chi connectivity index (χ4v) is 4.00. The summed E-state index contributed by atoms with van der Waals surface area (Å²) in [5, 5.41) is 4.06. The molecule has 1 heterocycles. The van der Waals surface area contributed by atoms with Crippen molar-refractivity contribution in [2.24, 2.45) is 0 Å². The predicted octanol–water partition coefficient (Wildman–Crippen LogP) is 4.92. The minimum atomic E-state index is -0.646. The number of carbonyl (C=O) groups excluding carboxylic acids is 2. The monoisotopic (exact) mass is 404 g/mol. The van der Waals surface area contributed by atoms with Gasteiger partial charge in [-0.3, -0.25) is 9.59 Å². The van der Waals surface area contributed by atoms with Gasteiger partial charge in [0, 0.05) is 23.0 Å². The van der Waals surface area contributed by atoms with Crippen LogP contribution in [0.25, 0.3) is 0 Å². The third kappa shape index (κ3) is 4.63. The van der Waals surface area contributed by atoms with Gasteiger partial charge in [0.15, 0.2) is 0 Å². The molecule has 2 unspecified atom stereocenters. The second kappa shape index (κ2) is 8.77. The number of piperidine rings is 1. The summed E-state index contributed by atoms with van der Waals surface area (Å²) in [6.07, 6.45) is 2.26. The van der Waals surface area contributed by atoms with Crippen molar-refractivity contribution in [1.29, 1.82) is 0 Å². The first-order valence-corrected chi connectivity index (χ1v) is 9.82. The van der Waals surface area contributed by atoms with Crippen LogP contribution in [0.3, 0.4) is 0 Å². The summed E-state index contributed by atoms with van der Waals surface area (Å²) in [7, 11) is 0. The number of nitrogens with zero attached hydrogens (tertiary/aromatic N) is 1. The Balaban J connectivity index is 1.85. The number of hydrogen-bond donors (Lipinski definition) is 1. The lowest BCUT2D eigenvalue weighted by Crippen LogP contribution is -2.46. The summed E-state index contributed by atoms with van der Waals surface area (Å²) in [5.74, 6) is -0.197. The number of carbonyl (C=O) groups is 2. The molecule has 0 spiro atoms. The topological polar surface area (TPSA) is 49.4 Å². The molecule has 2 amide bonds. The minimum absolute atomic E-state index is 0.0161. The molecule has 4 nitrogen and oxygen atoms in total. The quantitative estimate of drug-likeness (QED) is 0.767. The number of nitrogens with one attached hydrogen (secondary N) is 1. The Labute approximate surface area is 169 Å². The van der Waals surface area contributed by atoms with Gasteiger partial charge in [-0.15, -0.1) is 0 Å². The van der Waals surface area contributed by atoms with Crippen LogP contribution in [0.1, 0.15) is 49.4 Å². The van der Waals surface area contributed by atoms with E-state index < -0.39 is 6.04 Å². The maximum absolute atomic E-state index is 13.2. The van der Waals surface area contributed by atoms with Gasteiger partial charge < -0.3 is 10.2 Å². The Morgan fingerprint density at radius 2 is 1.85 bits per heavy atom. The highest BCUT2D eigenvalue weighted by atomic mass is 35.5. The van der Waals surface area contributed by atoms with Crippen LogP contribution < -0.4 is 5.32 Å². The van der Waals surface area contributed by atoms with Crippen LogP contribution in [0.4, 0.5) is 0 Å². The Hall–Kier alpha value is -2.04. The lowest BCUT2D eigenvalue weighted by Gasteiger charge is -2.34. The van der Waals surface area contributed by atoms with E-state index in [0.717, 1.165) is 24.0 Å². The first kappa shape index (κ1) is 19.7. The molecule has 0 aromatic heterocycles. The molecule has 0 radical (unpaired) electrons. The van der Waals surface area contributed by atoms with Crippen molar-refractivity contribution in [2.75, 3.05) is 6.54 Å². The molecule has 1 N–H and O–H groups in total. The molecule has 3 rings (SSSR count). The maximum atomic E-state index is 13.2. The van der Waals surface area contributed by atoms with Gasteiger partial charge in [0.05, 0.1) is 6.04 Å². The van der Waals surface area contributed by atoms with Gasteiger partial charge in [0.25, 0.3) is 0 Å². The molecule has 142 valence electrons. The van der Waals surface area contributed by atoms with Crippen LogP contribution in [0, 0.1) is 0 Å². The molecule has 1 aliphatic heterocycles. The zero-order valence-corrected chi connectivity index (χ0v) is 16.6. The zero-order chi connectivity index (χ0) is 19.4. The molecule has 2 atom stereocenters. The largest absolute Gasteiger partial charge is 0.347 e. The van der Waals surface area contributed by atoms with Crippen LogP contribution >= 0.6 is 23.2 Å². The highest BCUT2D eigenvalue weighted by Gasteiger charge is 2.33. The summed E-state index contributed by atoms with van der Waals surface area (Å²) in [6, 6.07) is 13.7. The number of rotatable bonds is 5.